The summed E-state index contributed by atoms with van der Waals surface area (Å²) in [6, 6.07) is 4.62. The lowest BCUT2D eigenvalue weighted by Crippen LogP contribution is -2.48. The summed E-state index contributed by atoms with van der Waals surface area (Å²) < 4.78 is 1.71. The van der Waals surface area contributed by atoms with Gasteiger partial charge in [0.15, 0.2) is 0 Å². The van der Waals surface area contributed by atoms with E-state index in [2.05, 4.69) is 37.2 Å². The van der Waals surface area contributed by atoms with Gasteiger partial charge in [0.2, 0.25) is 0 Å². The molecule has 2 aromatic rings. The first kappa shape index (κ1) is 17.5. The molecule has 0 unspecified atom stereocenters. The van der Waals surface area contributed by atoms with Gasteiger partial charge in [-0.25, -0.2) is 4.98 Å². The van der Waals surface area contributed by atoms with E-state index in [1.165, 1.54) is 24.3 Å². The number of carbonyl (C=O) groups excluding carboxylic acids is 1. The lowest BCUT2D eigenvalue weighted by Gasteiger charge is -2.39. The SMILES string of the molecule is O=C(NC1CCN(C2CCSCC2)CC1)c1ccc(-n2cnnc2)nc1. The maximum atomic E-state index is 12.5. The van der Waals surface area contributed by atoms with Crippen LogP contribution in [0, 0.1) is 0 Å². The van der Waals surface area contributed by atoms with Gasteiger partial charge in [0.25, 0.3) is 5.91 Å². The number of rotatable bonds is 4. The molecule has 0 spiro atoms. The number of hydrogen-bond acceptors (Lipinski definition) is 6. The summed E-state index contributed by atoms with van der Waals surface area (Å²) in [5, 5.41) is 10.7. The van der Waals surface area contributed by atoms with E-state index in [0.717, 1.165) is 32.0 Å². The first-order valence-corrected chi connectivity index (χ1v) is 10.4. The zero-order chi connectivity index (χ0) is 17.8. The Hall–Kier alpha value is -1.93. The van der Waals surface area contributed by atoms with Gasteiger partial charge in [-0.3, -0.25) is 9.36 Å². The molecule has 138 valence electrons. The third-order valence-electron chi connectivity index (χ3n) is 5.27. The van der Waals surface area contributed by atoms with Crippen molar-refractivity contribution in [3.63, 3.8) is 0 Å². The van der Waals surface area contributed by atoms with Crippen molar-refractivity contribution in [1.82, 2.24) is 30.0 Å². The third-order valence-corrected chi connectivity index (χ3v) is 6.31. The summed E-state index contributed by atoms with van der Waals surface area (Å²) in [4.78, 5) is 19.4. The topological polar surface area (TPSA) is 75.9 Å². The van der Waals surface area contributed by atoms with E-state index in [9.17, 15) is 4.79 Å². The van der Waals surface area contributed by atoms with Crippen molar-refractivity contribution < 1.29 is 4.79 Å². The monoisotopic (exact) mass is 372 g/mol. The van der Waals surface area contributed by atoms with E-state index in [4.69, 9.17) is 0 Å². The van der Waals surface area contributed by atoms with Crippen molar-refractivity contribution in [2.75, 3.05) is 24.6 Å². The third kappa shape index (κ3) is 4.07. The molecule has 7 nitrogen and oxygen atoms in total. The molecule has 0 radical (unpaired) electrons. The van der Waals surface area contributed by atoms with Crippen molar-refractivity contribution in [1.29, 1.82) is 0 Å². The van der Waals surface area contributed by atoms with Crippen LogP contribution in [0.1, 0.15) is 36.0 Å². The normalized spacial score (nSPS) is 20.2. The number of likely N-dealkylation sites (tertiary alicyclic amines) is 1. The predicted octanol–water partition coefficient (Wildman–Crippen LogP) is 1.75. The second kappa shape index (κ2) is 8.18. The van der Waals surface area contributed by atoms with Crippen LogP contribution in [0.5, 0.6) is 0 Å². The maximum Gasteiger partial charge on any atom is 0.253 e. The highest BCUT2D eigenvalue weighted by Gasteiger charge is 2.27. The number of thioether (sulfide) groups is 1. The highest BCUT2D eigenvalue weighted by Crippen LogP contribution is 2.24. The molecule has 8 heteroatoms. The predicted molar refractivity (Wildman–Crippen MR) is 102 cm³/mol. The smallest absolute Gasteiger partial charge is 0.253 e. The first-order chi connectivity index (χ1) is 12.8. The standard InChI is InChI=1S/C18H24N6OS/c25-18(14-1-2-17(19-11-14)24-12-20-21-13-24)22-15-3-7-23(8-4-15)16-5-9-26-10-6-16/h1-2,11-13,15-16H,3-10H2,(H,22,25). The minimum atomic E-state index is -0.0414. The van der Waals surface area contributed by atoms with Crippen LogP contribution in [0.4, 0.5) is 0 Å². The summed E-state index contributed by atoms with van der Waals surface area (Å²) in [6.07, 6.45) is 9.46. The molecule has 1 amide bonds. The van der Waals surface area contributed by atoms with Crippen LogP contribution in [0.2, 0.25) is 0 Å². The van der Waals surface area contributed by atoms with Crippen LogP contribution >= 0.6 is 11.8 Å². The molecule has 0 bridgehead atoms. The summed E-state index contributed by atoms with van der Waals surface area (Å²) in [6.45, 7) is 2.18. The molecule has 0 atom stereocenters. The summed E-state index contributed by atoms with van der Waals surface area (Å²) in [5.74, 6) is 3.24. The molecule has 2 fully saturated rings. The molecule has 1 N–H and O–H groups in total. The zero-order valence-electron chi connectivity index (χ0n) is 14.8. The largest absolute Gasteiger partial charge is 0.349 e. The highest BCUT2D eigenvalue weighted by molar-refractivity contribution is 7.99. The average molecular weight is 372 g/mol. The minimum Gasteiger partial charge on any atom is -0.349 e. The van der Waals surface area contributed by atoms with Crippen LogP contribution in [-0.2, 0) is 0 Å². The second-order valence-electron chi connectivity index (χ2n) is 6.90. The Kier molecular flexibility index (Phi) is 5.50. The molecule has 4 rings (SSSR count). The van der Waals surface area contributed by atoms with Crippen LogP contribution in [-0.4, -0.2) is 67.2 Å². The van der Waals surface area contributed by atoms with Crippen LogP contribution in [0.15, 0.2) is 31.0 Å². The Morgan fingerprint density at radius 2 is 1.81 bits per heavy atom. The fourth-order valence-electron chi connectivity index (χ4n) is 3.72. The second-order valence-corrected chi connectivity index (χ2v) is 8.13. The van der Waals surface area contributed by atoms with Crippen molar-refractivity contribution in [2.24, 2.45) is 0 Å². The van der Waals surface area contributed by atoms with Gasteiger partial charge < -0.3 is 10.2 Å². The quantitative estimate of drug-likeness (QED) is 0.881. The van der Waals surface area contributed by atoms with E-state index >= 15 is 0 Å². The van der Waals surface area contributed by atoms with Gasteiger partial charge in [0, 0.05) is 31.4 Å². The average Bonchev–Trinajstić information content (AvgIpc) is 3.24. The summed E-state index contributed by atoms with van der Waals surface area (Å²) in [5.41, 5.74) is 0.591. The number of pyridine rings is 1. The molecule has 4 heterocycles. The number of nitrogens with zero attached hydrogens (tertiary/aromatic N) is 5. The summed E-state index contributed by atoms with van der Waals surface area (Å²) in [7, 11) is 0. The van der Waals surface area contributed by atoms with E-state index in [0.29, 0.717) is 11.4 Å². The molecule has 2 aliphatic rings. The molecule has 0 aromatic carbocycles. The van der Waals surface area contributed by atoms with E-state index in [-0.39, 0.29) is 11.9 Å². The summed E-state index contributed by atoms with van der Waals surface area (Å²) >= 11 is 2.07. The van der Waals surface area contributed by atoms with Crippen molar-refractivity contribution >= 4 is 17.7 Å². The fraction of sp³-hybridized carbons (Fsp3) is 0.556. The Labute approximate surface area is 157 Å². The Morgan fingerprint density at radius 1 is 1.08 bits per heavy atom. The molecular weight excluding hydrogens is 348 g/mol. The Bertz CT molecular complexity index is 706. The van der Waals surface area contributed by atoms with Gasteiger partial charge in [-0.15, -0.1) is 10.2 Å². The highest BCUT2D eigenvalue weighted by atomic mass is 32.2. The first-order valence-electron chi connectivity index (χ1n) is 9.23. The van der Waals surface area contributed by atoms with Crippen molar-refractivity contribution in [2.45, 2.75) is 37.8 Å². The van der Waals surface area contributed by atoms with Crippen LogP contribution in [0.3, 0.4) is 0 Å². The number of piperidine rings is 1. The van der Waals surface area contributed by atoms with Gasteiger partial charge in [-0.2, -0.15) is 11.8 Å². The van der Waals surface area contributed by atoms with E-state index < -0.39 is 0 Å². The zero-order valence-corrected chi connectivity index (χ0v) is 15.6. The number of amides is 1. The van der Waals surface area contributed by atoms with Crippen molar-refractivity contribution in [3.8, 4) is 5.82 Å². The molecule has 0 aliphatic carbocycles. The molecule has 2 saturated heterocycles. The molecular formula is C18H24N6OS. The number of aromatic nitrogens is 4. The fourth-order valence-corrected chi connectivity index (χ4v) is 4.80. The number of nitrogens with one attached hydrogen (secondary N) is 1. The van der Waals surface area contributed by atoms with Gasteiger partial charge in [0.05, 0.1) is 5.56 Å². The Morgan fingerprint density at radius 3 is 2.46 bits per heavy atom. The van der Waals surface area contributed by atoms with Gasteiger partial charge in [0.1, 0.15) is 18.5 Å². The van der Waals surface area contributed by atoms with Crippen LogP contribution < -0.4 is 5.32 Å². The number of hydrogen-bond donors (Lipinski definition) is 1. The molecule has 26 heavy (non-hydrogen) atoms. The Balaban J connectivity index is 1.28. The van der Waals surface area contributed by atoms with Crippen molar-refractivity contribution in [3.05, 3.63) is 36.5 Å². The lowest BCUT2D eigenvalue weighted by molar-refractivity contribution is 0.0886. The lowest BCUT2D eigenvalue weighted by atomic mass is 10.0. The molecule has 0 saturated carbocycles. The minimum absolute atomic E-state index is 0.0414. The number of carbonyl (C=O) groups is 1. The van der Waals surface area contributed by atoms with E-state index in [1.54, 1.807) is 29.5 Å². The van der Waals surface area contributed by atoms with Crippen LogP contribution in [0.25, 0.3) is 5.82 Å². The molecule has 2 aliphatic heterocycles. The van der Waals surface area contributed by atoms with Gasteiger partial charge in [-0.05, 0) is 49.3 Å². The van der Waals surface area contributed by atoms with Gasteiger partial charge >= 0.3 is 0 Å². The van der Waals surface area contributed by atoms with E-state index in [1.807, 2.05) is 6.07 Å². The van der Waals surface area contributed by atoms with Gasteiger partial charge in [-0.1, -0.05) is 0 Å². The maximum absolute atomic E-state index is 12.5. The molecule has 2 aromatic heterocycles.